The first-order chi connectivity index (χ1) is 11.3. The van der Waals surface area contributed by atoms with E-state index in [-0.39, 0.29) is 17.5 Å². The number of benzene rings is 2. The molecular formula is C17H19ClN2O3S. The summed E-state index contributed by atoms with van der Waals surface area (Å²) < 4.78 is 25.8. The summed E-state index contributed by atoms with van der Waals surface area (Å²) in [5.41, 5.74) is 0.779. The Bertz CT molecular complexity index is 810. The van der Waals surface area contributed by atoms with Gasteiger partial charge in [0, 0.05) is 12.1 Å². The fourth-order valence-corrected chi connectivity index (χ4v) is 3.70. The zero-order chi connectivity index (χ0) is 17.7. The van der Waals surface area contributed by atoms with Crippen LogP contribution in [0.15, 0.2) is 59.5 Å². The molecule has 5 nitrogen and oxygen atoms in total. The molecule has 0 saturated heterocycles. The number of amides is 1. The Morgan fingerprint density at radius 2 is 1.71 bits per heavy atom. The second-order valence-corrected chi connectivity index (χ2v) is 7.84. The van der Waals surface area contributed by atoms with Crippen LogP contribution in [0.5, 0.6) is 0 Å². The number of halogens is 1. The first-order valence-electron chi connectivity index (χ1n) is 7.37. The van der Waals surface area contributed by atoms with E-state index in [1.54, 1.807) is 37.3 Å². The van der Waals surface area contributed by atoms with Gasteiger partial charge in [0.05, 0.1) is 17.5 Å². The van der Waals surface area contributed by atoms with Crippen molar-refractivity contribution in [3.05, 3.63) is 65.2 Å². The normalized spacial score (nSPS) is 12.8. The zero-order valence-electron chi connectivity index (χ0n) is 13.4. The molecule has 7 heteroatoms. The molecule has 0 bridgehead atoms. The third-order valence-electron chi connectivity index (χ3n) is 3.57. The van der Waals surface area contributed by atoms with Crippen LogP contribution in [0.2, 0.25) is 5.02 Å². The van der Waals surface area contributed by atoms with E-state index in [1.807, 2.05) is 12.1 Å². The van der Waals surface area contributed by atoms with Crippen molar-refractivity contribution in [2.75, 3.05) is 13.6 Å². The molecular weight excluding hydrogens is 348 g/mol. The summed E-state index contributed by atoms with van der Waals surface area (Å²) in [4.78, 5) is 12.3. The molecule has 1 amide bonds. The Labute approximate surface area is 147 Å². The van der Waals surface area contributed by atoms with Crippen molar-refractivity contribution < 1.29 is 13.2 Å². The Kier molecular flexibility index (Phi) is 5.99. The molecule has 0 saturated carbocycles. The molecule has 24 heavy (non-hydrogen) atoms. The number of sulfonamides is 1. The van der Waals surface area contributed by atoms with E-state index in [2.05, 4.69) is 5.32 Å². The maximum atomic E-state index is 12.4. The van der Waals surface area contributed by atoms with Crippen molar-refractivity contribution in [2.24, 2.45) is 0 Å². The fraction of sp³-hybridized carbons (Fsp3) is 0.235. The van der Waals surface area contributed by atoms with Gasteiger partial charge in [0.2, 0.25) is 15.9 Å². The third-order valence-corrected chi connectivity index (χ3v) is 5.73. The molecule has 0 radical (unpaired) electrons. The predicted molar refractivity (Wildman–Crippen MR) is 94.3 cm³/mol. The smallest absolute Gasteiger partial charge is 0.243 e. The number of hydrogen-bond donors (Lipinski definition) is 1. The number of likely N-dealkylation sites (N-methyl/N-ethyl adjacent to an activating group) is 1. The average molecular weight is 367 g/mol. The average Bonchev–Trinajstić information content (AvgIpc) is 2.55. The standard InChI is InChI=1S/C17H19ClN2O3S/c1-13(15-10-6-7-11-16(15)18)19-17(21)12-20(2)24(22,23)14-8-4-3-5-9-14/h3-11,13H,12H2,1-2H3,(H,19,21). The number of carbonyl (C=O) groups is 1. The van der Waals surface area contributed by atoms with Crippen LogP contribution in [-0.2, 0) is 14.8 Å². The number of nitrogens with zero attached hydrogens (tertiary/aromatic N) is 1. The molecule has 2 aromatic carbocycles. The topological polar surface area (TPSA) is 66.5 Å². The maximum Gasteiger partial charge on any atom is 0.243 e. The molecule has 0 aliphatic carbocycles. The van der Waals surface area contributed by atoms with Crippen molar-refractivity contribution in [3.63, 3.8) is 0 Å². The van der Waals surface area contributed by atoms with Crippen LogP contribution in [0.4, 0.5) is 0 Å². The van der Waals surface area contributed by atoms with E-state index in [9.17, 15) is 13.2 Å². The highest BCUT2D eigenvalue weighted by Gasteiger charge is 2.23. The van der Waals surface area contributed by atoms with Crippen molar-refractivity contribution in [1.29, 1.82) is 0 Å². The van der Waals surface area contributed by atoms with Gasteiger partial charge in [0.25, 0.3) is 0 Å². The van der Waals surface area contributed by atoms with E-state index >= 15 is 0 Å². The van der Waals surface area contributed by atoms with E-state index in [1.165, 1.54) is 19.2 Å². The summed E-state index contributed by atoms with van der Waals surface area (Å²) in [5, 5.41) is 3.31. The second kappa shape index (κ2) is 7.79. The van der Waals surface area contributed by atoms with Gasteiger partial charge < -0.3 is 5.32 Å². The summed E-state index contributed by atoms with van der Waals surface area (Å²) in [6.45, 7) is 1.52. The molecule has 0 spiro atoms. The SMILES string of the molecule is CC(NC(=O)CN(C)S(=O)(=O)c1ccccc1)c1ccccc1Cl. The van der Waals surface area contributed by atoms with Gasteiger partial charge in [0.15, 0.2) is 0 Å². The molecule has 128 valence electrons. The molecule has 0 aliphatic rings. The number of carbonyl (C=O) groups excluding carboxylic acids is 1. The van der Waals surface area contributed by atoms with E-state index < -0.39 is 15.9 Å². The van der Waals surface area contributed by atoms with Gasteiger partial charge >= 0.3 is 0 Å². The van der Waals surface area contributed by atoms with Gasteiger partial charge in [-0.1, -0.05) is 48.0 Å². The van der Waals surface area contributed by atoms with E-state index in [4.69, 9.17) is 11.6 Å². The molecule has 2 rings (SSSR count). The van der Waals surface area contributed by atoms with Gasteiger partial charge in [-0.25, -0.2) is 8.42 Å². The van der Waals surface area contributed by atoms with E-state index in [0.717, 1.165) is 9.87 Å². The van der Waals surface area contributed by atoms with Crippen LogP contribution < -0.4 is 5.32 Å². The van der Waals surface area contributed by atoms with Crippen LogP contribution in [0.25, 0.3) is 0 Å². The zero-order valence-corrected chi connectivity index (χ0v) is 15.0. The molecule has 0 heterocycles. The summed E-state index contributed by atoms with van der Waals surface area (Å²) in [7, 11) is -2.32. The Hall–Kier alpha value is -1.89. The van der Waals surface area contributed by atoms with Crippen molar-refractivity contribution in [2.45, 2.75) is 17.9 Å². The molecule has 0 aliphatic heterocycles. The lowest BCUT2D eigenvalue weighted by Gasteiger charge is -2.20. The van der Waals surface area contributed by atoms with Crippen LogP contribution >= 0.6 is 11.6 Å². The van der Waals surface area contributed by atoms with E-state index in [0.29, 0.717) is 5.02 Å². The van der Waals surface area contributed by atoms with Crippen LogP contribution in [0.1, 0.15) is 18.5 Å². The first-order valence-corrected chi connectivity index (χ1v) is 9.19. The van der Waals surface area contributed by atoms with Gasteiger partial charge in [-0.15, -0.1) is 0 Å². The number of rotatable bonds is 6. The Morgan fingerprint density at radius 1 is 1.12 bits per heavy atom. The number of nitrogens with one attached hydrogen (secondary N) is 1. The van der Waals surface area contributed by atoms with Gasteiger partial charge in [-0.2, -0.15) is 4.31 Å². The van der Waals surface area contributed by atoms with Gasteiger partial charge in [-0.3, -0.25) is 4.79 Å². The van der Waals surface area contributed by atoms with Crippen molar-refractivity contribution in [1.82, 2.24) is 9.62 Å². The lowest BCUT2D eigenvalue weighted by Crippen LogP contribution is -2.39. The molecule has 2 aromatic rings. The van der Waals surface area contributed by atoms with Crippen molar-refractivity contribution in [3.8, 4) is 0 Å². The van der Waals surface area contributed by atoms with Crippen LogP contribution in [0.3, 0.4) is 0 Å². The molecule has 1 unspecified atom stereocenters. The highest BCUT2D eigenvalue weighted by molar-refractivity contribution is 7.89. The summed E-state index contributed by atoms with van der Waals surface area (Å²) in [5.74, 6) is -0.399. The van der Waals surface area contributed by atoms with Crippen LogP contribution in [0, 0.1) is 0 Å². The minimum Gasteiger partial charge on any atom is -0.348 e. The monoisotopic (exact) mass is 366 g/mol. The predicted octanol–water partition coefficient (Wildman–Crippen LogP) is 2.84. The third kappa shape index (κ3) is 4.35. The number of hydrogen-bond acceptors (Lipinski definition) is 3. The molecule has 0 aromatic heterocycles. The Morgan fingerprint density at radius 3 is 2.33 bits per heavy atom. The molecule has 1 N–H and O–H groups in total. The quantitative estimate of drug-likeness (QED) is 0.854. The minimum absolute atomic E-state index is 0.152. The minimum atomic E-state index is -3.70. The highest BCUT2D eigenvalue weighted by Crippen LogP contribution is 2.22. The summed E-state index contributed by atoms with van der Waals surface area (Å²) in [6, 6.07) is 14.9. The lowest BCUT2D eigenvalue weighted by atomic mass is 10.1. The first kappa shape index (κ1) is 18.4. The fourth-order valence-electron chi connectivity index (χ4n) is 2.25. The molecule has 0 fully saturated rings. The maximum absolute atomic E-state index is 12.4. The van der Waals surface area contributed by atoms with Gasteiger partial charge in [-0.05, 0) is 30.7 Å². The van der Waals surface area contributed by atoms with Crippen LogP contribution in [-0.4, -0.2) is 32.2 Å². The largest absolute Gasteiger partial charge is 0.348 e. The van der Waals surface area contributed by atoms with Gasteiger partial charge in [0.1, 0.15) is 0 Å². The summed E-state index contributed by atoms with van der Waals surface area (Å²) in [6.07, 6.45) is 0. The second-order valence-electron chi connectivity index (χ2n) is 5.38. The highest BCUT2D eigenvalue weighted by atomic mass is 35.5. The Balaban J connectivity index is 2.03. The lowest BCUT2D eigenvalue weighted by molar-refractivity contribution is -0.121. The summed E-state index contributed by atoms with van der Waals surface area (Å²) >= 11 is 6.10. The van der Waals surface area contributed by atoms with Crippen molar-refractivity contribution >= 4 is 27.5 Å². The molecule has 1 atom stereocenters.